The van der Waals surface area contributed by atoms with Crippen LogP contribution < -0.4 is 4.90 Å². The molecule has 2 heterocycles. The highest BCUT2D eigenvalue weighted by Crippen LogP contribution is 2.42. The van der Waals surface area contributed by atoms with Gasteiger partial charge in [0.2, 0.25) is 0 Å². The van der Waals surface area contributed by atoms with Crippen LogP contribution in [0.3, 0.4) is 0 Å². The van der Waals surface area contributed by atoms with Crippen molar-refractivity contribution in [1.82, 2.24) is 4.90 Å². The summed E-state index contributed by atoms with van der Waals surface area (Å²) in [7, 11) is 0. The van der Waals surface area contributed by atoms with Gasteiger partial charge in [0, 0.05) is 28.9 Å². The number of hydrogen-bond donors (Lipinski definition) is 0. The van der Waals surface area contributed by atoms with Gasteiger partial charge in [-0.25, -0.2) is 4.79 Å². The molecule has 3 rings (SSSR count). The van der Waals surface area contributed by atoms with Crippen LogP contribution in [0.1, 0.15) is 27.2 Å². The van der Waals surface area contributed by atoms with Crippen LogP contribution in [0.15, 0.2) is 24.3 Å². The van der Waals surface area contributed by atoms with E-state index in [1.54, 1.807) is 0 Å². The van der Waals surface area contributed by atoms with Crippen molar-refractivity contribution in [2.24, 2.45) is 0 Å². The summed E-state index contributed by atoms with van der Waals surface area (Å²) in [6.45, 7) is 8.37. The van der Waals surface area contributed by atoms with Gasteiger partial charge >= 0.3 is 6.09 Å². The Morgan fingerprint density at radius 2 is 1.86 bits per heavy atom. The van der Waals surface area contributed by atoms with Gasteiger partial charge in [-0.05, 0) is 74.0 Å². The molecule has 0 radical (unpaired) electrons. The monoisotopic (exact) mass is 400 g/mol. The molecule has 0 aliphatic carbocycles. The maximum Gasteiger partial charge on any atom is 0.410 e. The second kappa shape index (κ2) is 5.04. The lowest BCUT2D eigenvalue weighted by Crippen LogP contribution is -2.78. The number of carbonyl (C=O) groups excluding carboxylic acids is 1. The normalized spacial score (nSPS) is 20.0. The summed E-state index contributed by atoms with van der Waals surface area (Å²) in [5, 5.41) is 0. The van der Waals surface area contributed by atoms with Crippen LogP contribution >= 0.6 is 22.6 Å². The lowest BCUT2D eigenvalue weighted by atomic mass is 9.77. The van der Waals surface area contributed by atoms with Crippen molar-refractivity contribution in [2.75, 3.05) is 24.5 Å². The van der Waals surface area contributed by atoms with Gasteiger partial charge in [0.05, 0.1) is 5.54 Å². The summed E-state index contributed by atoms with van der Waals surface area (Å²) in [5.41, 5.74) is 0.815. The van der Waals surface area contributed by atoms with Crippen LogP contribution in [-0.2, 0) is 4.74 Å². The number of carbonyl (C=O) groups is 1. The fourth-order valence-electron chi connectivity index (χ4n) is 2.97. The molecule has 1 amide bonds. The second-order valence-electron chi connectivity index (χ2n) is 6.94. The van der Waals surface area contributed by atoms with Crippen molar-refractivity contribution in [3.05, 3.63) is 27.8 Å². The van der Waals surface area contributed by atoms with Crippen molar-refractivity contribution < 1.29 is 9.53 Å². The quantitative estimate of drug-likeness (QED) is 0.677. The molecule has 21 heavy (non-hydrogen) atoms. The van der Waals surface area contributed by atoms with E-state index in [0.717, 1.165) is 26.1 Å². The number of ether oxygens (including phenoxy) is 1. The standard InChI is InChI=1S/C16H21IN2O2/c1-15(2,3)21-14(20)19-9-8-16(19)10-18(11-16)13-6-4-12(17)5-7-13/h4-7H,8-11H2,1-3H3. The highest BCUT2D eigenvalue weighted by Gasteiger charge is 2.56. The molecule has 1 aromatic carbocycles. The predicted molar refractivity (Wildman–Crippen MR) is 91.7 cm³/mol. The van der Waals surface area contributed by atoms with E-state index in [1.807, 2.05) is 25.7 Å². The van der Waals surface area contributed by atoms with Crippen LogP contribution in [0.2, 0.25) is 0 Å². The summed E-state index contributed by atoms with van der Waals surface area (Å²) in [4.78, 5) is 16.5. The Bertz CT molecular complexity index is 544. The molecule has 1 spiro atoms. The summed E-state index contributed by atoms with van der Waals surface area (Å²) in [6.07, 6.45) is 0.906. The Kier molecular flexibility index (Phi) is 3.58. The van der Waals surface area contributed by atoms with E-state index in [0.29, 0.717) is 0 Å². The van der Waals surface area contributed by atoms with E-state index in [9.17, 15) is 4.79 Å². The molecule has 2 aliphatic heterocycles. The Morgan fingerprint density at radius 3 is 2.33 bits per heavy atom. The third-order valence-corrected chi connectivity index (χ3v) is 4.87. The topological polar surface area (TPSA) is 32.8 Å². The zero-order valence-electron chi connectivity index (χ0n) is 12.7. The van der Waals surface area contributed by atoms with Crippen LogP contribution in [0.4, 0.5) is 10.5 Å². The number of likely N-dealkylation sites (tertiary alicyclic amines) is 1. The zero-order chi connectivity index (χ0) is 15.3. The first-order valence-corrected chi connectivity index (χ1v) is 8.38. The minimum absolute atomic E-state index is 0.00529. The summed E-state index contributed by atoms with van der Waals surface area (Å²) >= 11 is 2.31. The summed E-state index contributed by atoms with van der Waals surface area (Å²) in [5.74, 6) is 0. The lowest BCUT2D eigenvalue weighted by molar-refractivity contribution is -0.0560. The predicted octanol–water partition coefficient (Wildman–Crippen LogP) is 3.49. The van der Waals surface area contributed by atoms with Gasteiger partial charge < -0.3 is 9.64 Å². The zero-order valence-corrected chi connectivity index (χ0v) is 14.9. The van der Waals surface area contributed by atoms with Crippen LogP contribution in [-0.4, -0.2) is 41.8 Å². The SMILES string of the molecule is CC(C)(C)OC(=O)N1CCC12CN(c1ccc(I)cc1)C2. The van der Waals surface area contributed by atoms with Crippen LogP contribution in [0.25, 0.3) is 0 Å². The van der Waals surface area contributed by atoms with E-state index >= 15 is 0 Å². The molecule has 2 aliphatic rings. The Hall–Kier alpha value is -0.980. The fourth-order valence-corrected chi connectivity index (χ4v) is 3.33. The first-order valence-electron chi connectivity index (χ1n) is 7.30. The Labute approximate surface area is 139 Å². The van der Waals surface area contributed by atoms with Gasteiger partial charge in [0.1, 0.15) is 5.60 Å². The molecule has 0 bridgehead atoms. The number of anilines is 1. The van der Waals surface area contributed by atoms with Gasteiger partial charge in [0.25, 0.3) is 0 Å². The van der Waals surface area contributed by atoms with Crippen LogP contribution in [0, 0.1) is 3.57 Å². The summed E-state index contributed by atoms with van der Waals surface area (Å²) in [6, 6.07) is 8.52. The minimum atomic E-state index is -0.423. The molecule has 0 saturated carbocycles. The maximum absolute atomic E-state index is 12.2. The highest BCUT2D eigenvalue weighted by atomic mass is 127. The van der Waals surface area contributed by atoms with E-state index in [4.69, 9.17) is 4.74 Å². The smallest absolute Gasteiger partial charge is 0.410 e. The van der Waals surface area contributed by atoms with Crippen molar-refractivity contribution in [3.63, 3.8) is 0 Å². The first-order chi connectivity index (χ1) is 9.79. The molecule has 0 N–H and O–H groups in total. The van der Waals surface area contributed by atoms with Crippen molar-refractivity contribution in [2.45, 2.75) is 38.3 Å². The lowest BCUT2D eigenvalue weighted by Gasteiger charge is -2.62. The van der Waals surface area contributed by atoms with Gasteiger partial charge in [-0.1, -0.05) is 0 Å². The number of halogens is 1. The number of rotatable bonds is 1. The average Bonchev–Trinajstić information content (AvgIpc) is 2.25. The number of nitrogens with zero attached hydrogens (tertiary/aromatic N) is 2. The maximum atomic E-state index is 12.2. The Balaban J connectivity index is 1.61. The third kappa shape index (κ3) is 2.84. The molecule has 2 saturated heterocycles. The van der Waals surface area contributed by atoms with Gasteiger partial charge in [0.15, 0.2) is 0 Å². The number of amides is 1. The molecule has 2 fully saturated rings. The van der Waals surface area contributed by atoms with Crippen molar-refractivity contribution in [3.8, 4) is 0 Å². The number of hydrogen-bond acceptors (Lipinski definition) is 3. The van der Waals surface area contributed by atoms with E-state index in [1.165, 1.54) is 9.26 Å². The van der Waals surface area contributed by atoms with Crippen LogP contribution in [0.5, 0.6) is 0 Å². The van der Waals surface area contributed by atoms with Crippen molar-refractivity contribution >= 4 is 34.4 Å². The molecule has 0 aromatic heterocycles. The van der Waals surface area contributed by atoms with E-state index < -0.39 is 5.60 Å². The largest absolute Gasteiger partial charge is 0.444 e. The summed E-state index contributed by atoms with van der Waals surface area (Å²) < 4.78 is 6.74. The van der Waals surface area contributed by atoms with Gasteiger partial charge in [-0.3, -0.25) is 4.90 Å². The molecular weight excluding hydrogens is 379 g/mol. The molecule has 4 nitrogen and oxygen atoms in total. The molecule has 0 atom stereocenters. The average molecular weight is 400 g/mol. The Morgan fingerprint density at radius 1 is 1.24 bits per heavy atom. The highest BCUT2D eigenvalue weighted by molar-refractivity contribution is 14.1. The number of benzene rings is 1. The van der Waals surface area contributed by atoms with E-state index in [-0.39, 0.29) is 11.6 Å². The molecular formula is C16H21IN2O2. The molecule has 5 heteroatoms. The minimum Gasteiger partial charge on any atom is -0.444 e. The first kappa shape index (κ1) is 14.9. The van der Waals surface area contributed by atoms with Gasteiger partial charge in [-0.2, -0.15) is 0 Å². The molecule has 114 valence electrons. The molecule has 0 unspecified atom stereocenters. The van der Waals surface area contributed by atoms with Crippen molar-refractivity contribution in [1.29, 1.82) is 0 Å². The van der Waals surface area contributed by atoms with Gasteiger partial charge in [-0.15, -0.1) is 0 Å². The second-order valence-corrected chi connectivity index (χ2v) is 8.18. The third-order valence-electron chi connectivity index (χ3n) is 4.15. The molecule has 1 aromatic rings. The fraction of sp³-hybridized carbons (Fsp3) is 0.562. The van der Waals surface area contributed by atoms with E-state index in [2.05, 4.69) is 51.8 Å².